The highest BCUT2D eigenvalue weighted by Gasteiger charge is 2.43. The first-order valence-electron chi connectivity index (χ1n) is 9.76. The second kappa shape index (κ2) is 8.90. The van der Waals surface area contributed by atoms with Crippen molar-refractivity contribution in [1.29, 1.82) is 5.26 Å². The van der Waals surface area contributed by atoms with Crippen LogP contribution in [-0.2, 0) is 0 Å². The van der Waals surface area contributed by atoms with Crippen LogP contribution in [0.3, 0.4) is 0 Å². The number of nitriles is 1. The molecule has 2 rings (SSSR count). The molecule has 0 heterocycles. The quantitative estimate of drug-likeness (QED) is 0.488. The van der Waals surface area contributed by atoms with Crippen LogP contribution in [0.15, 0.2) is 0 Å². The molecule has 0 atom stereocenters. The number of alkyl halides is 1. The molecular formula is C20H34FN. The summed E-state index contributed by atoms with van der Waals surface area (Å²) in [6.45, 7) is 2.26. The highest BCUT2D eigenvalue weighted by Crippen LogP contribution is 2.47. The number of hydrogen-bond donors (Lipinski definition) is 0. The molecule has 2 aliphatic carbocycles. The Kier molecular flexibility index (Phi) is 7.19. The van der Waals surface area contributed by atoms with E-state index in [1.807, 2.05) is 0 Å². The van der Waals surface area contributed by atoms with E-state index in [0.29, 0.717) is 0 Å². The number of unbranched alkanes of at least 4 members (excludes halogenated alkanes) is 4. The van der Waals surface area contributed by atoms with Crippen LogP contribution in [0.25, 0.3) is 0 Å². The van der Waals surface area contributed by atoms with E-state index in [1.165, 1.54) is 38.5 Å². The van der Waals surface area contributed by atoms with E-state index >= 15 is 4.39 Å². The summed E-state index contributed by atoms with van der Waals surface area (Å²) >= 11 is 0. The summed E-state index contributed by atoms with van der Waals surface area (Å²) in [5, 5.41) is 8.98. The lowest BCUT2D eigenvalue weighted by Crippen LogP contribution is -2.39. The van der Waals surface area contributed by atoms with Gasteiger partial charge >= 0.3 is 0 Å². The standard InChI is InChI=1S/C20H34FN/c1-2-3-4-5-6-7-17-12-14-20(21,15-13-17)19-10-8-18(16-22)9-11-19/h17-19H,2-15H2,1H3/t17-,18?,19?,20+. The molecule has 0 unspecified atom stereocenters. The lowest BCUT2D eigenvalue weighted by Gasteiger charge is -2.42. The maximum atomic E-state index is 15.3. The Bertz CT molecular complexity index is 343. The molecule has 0 aromatic heterocycles. The largest absolute Gasteiger partial charge is 0.244 e. The van der Waals surface area contributed by atoms with Gasteiger partial charge in [-0.1, -0.05) is 45.4 Å². The van der Waals surface area contributed by atoms with Gasteiger partial charge in [-0.05, 0) is 63.2 Å². The van der Waals surface area contributed by atoms with E-state index in [-0.39, 0.29) is 11.8 Å². The fourth-order valence-electron chi connectivity index (χ4n) is 4.63. The van der Waals surface area contributed by atoms with E-state index in [4.69, 9.17) is 5.26 Å². The molecule has 2 aliphatic rings. The van der Waals surface area contributed by atoms with Crippen molar-refractivity contribution in [2.75, 3.05) is 0 Å². The zero-order chi connectivity index (χ0) is 15.8. The second-order valence-electron chi connectivity index (χ2n) is 7.86. The maximum Gasteiger partial charge on any atom is 0.113 e. The number of nitrogens with zero attached hydrogens (tertiary/aromatic N) is 1. The van der Waals surface area contributed by atoms with Crippen molar-refractivity contribution in [2.45, 2.75) is 102 Å². The van der Waals surface area contributed by atoms with Gasteiger partial charge in [0, 0.05) is 5.92 Å². The van der Waals surface area contributed by atoms with Gasteiger partial charge in [0.1, 0.15) is 5.67 Å². The molecule has 0 bridgehead atoms. The van der Waals surface area contributed by atoms with Gasteiger partial charge in [-0.3, -0.25) is 0 Å². The summed E-state index contributed by atoms with van der Waals surface area (Å²) < 4.78 is 15.3. The van der Waals surface area contributed by atoms with Gasteiger partial charge in [-0.25, -0.2) is 4.39 Å². The molecule has 2 fully saturated rings. The summed E-state index contributed by atoms with van der Waals surface area (Å²) in [6, 6.07) is 2.36. The van der Waals surface area contributed by atoms with Gasteiger partial charge in [-0.15, -0.1) is 0 Å². The lowest BCUT2D eigenvalue weighted by molar-refractivity contribution is 0.000715. The average molecular weight is 307 g/mol. The molecule has 0 aromatic carbocycles. The van der Waals surface area contributed by atoms with Crippen molar-refractivity contribution in [3.8, 4) is 6.07 Å². The number of halogens is 1. The van der Waals surface area contributed by atoms with Crippen molar-refractivity contribution in [1.82, 2.24) is 0 Å². The van der Waals surface area contributed by atoms with E-state index in [0.717, 1.165) is 57.3 Å². The summed E-state index contributed by atoms with van der Waals surface area (Å²) in [7, 11) is 0. The van der Waals surface area contributed by atoms with E-state index < -0.39 is 5.67 Å². The topological polar surface area (TPSA) is 23.8 Å². The van der Waals surface area contributed by atoms with Crippen LogP contribution in [0.1, 0.15) is 96.8 Å². The normalized spacial score (nSPS) is 36.0. The molecule has 2 heteroatoms. The Morgan fingerprint density at radius 2 is 1.59 bits per heavy atom. The van der Waals surface area contributed by atoms with Crippen molar-refractivity contribution in [3.05, 3.63) is 0 Å². The zero-order valence-corrected chi connectivity index (χ0v) is 14.5. The fourth-order valence-corrected chi connectivity index (χ4v) is 4.63. The molecule has 0 N–H and O–H groups in total. The highest BCUT2D eigenvalue weighted by molar-refractivity contribution is 4.96. The number of rotatable bonds is 7. The summed E-state index contributed by atoms with van der Waals surface area (Å²) in [5.74, 6) is 1.21. The molecule has 2 saturated carbocycles. The third-order valence-corrected chi connectivity index (χ3v) is 6.29. The minimum absolute atomic E-state index is 0.194. The fraction of sp³-hybridized carbons (Fsp3) is 0.950. The SMILES string of the molecule is CCCCCCC[C@H]1CC[C@](F)(C2CCC(C#N)CC2)CC1. The monoisotopic (exact) mass is 307 g/mol. The Labute approximate surface area is 136 Å². The lowest BCUT2D eigenvalue weighted by atomic mass is 9.67. The molecule has 0 aliphatic heterocycles. The van der Waals surface area contributed by atoms with Crippen molar-refractivity contribution in [3.63, 3.8) is 0 Å². The van der Waals surface area contributed by atoms with Gasteiger partial charge < -0.3 is 0 Å². The smallest absolute Gasteiger partial charge is 0.113 e. The van der Waals surface area contributed by atoms with Crippen molar-refractivity contribution in [2.24, 2.45) is 17.8 Å². The predicted molar refractivity (Wildman–Crippen MR) is 90.2 cm³/mol. The molecule has 1 nitrogen and oxygen atoms in total. The van der Waals surface area contributed by atoms with Crippen molar-refractivity contribution < 1.29 is 4.39 Å². The summed E-state index contributed by atoms with van der Waals surface area (Å²) in [5.41, 5.74) is -0.904. The Hall–Kier alpha value is -0.580. The van der Waals surface area contributed by atoms with Crippen LogP contribution in [0.4, 0.5) is 4.39 Å². The molecule has 0 radical (unpaired) electrons. The van der Waals surface area contributed by atoms with Crippen LogP contribution >= 0.6 is 0 Å². The predicted octanol–water partition coefficient (Wildman–Crippen LogP) is 6.58. The average Bonchev–Trinajstić information content (AvgIpc) is 2.56. The van der Waals surface area contributed by atoms with Gasteiger partial charge in [0.2, 0.25) is 0 Å². The summed E-state index contributed by atoms with van der Waals surface area (Å²) in [4.78, 5) is 0. The first-order valence-corrected chi connectivity index (χ1v) is 9.76. The van der Waals surface area contributed by atoms with E-state index in [1.54, 1.807) is 0 Å². The summed E-state index contributed by atoms with van der Waals surface area (Å²) in [6.07, 6.45) is 15.6. The number of hydrogen-bond acceptors (Lipinski definition) is 1. The maximum absolute atomic E-state index is 15.3. The van der Waals surface area contributed by atoms with Crippen LogP contribution in [0, 0.1) is 29.1 Å². The molecule has 0 spiro atoms. The van der Waals surface area contributed by atoms with Crippen LogP contribution in [0.2, 0.25) is 0 Å². The van der Waals surface area contributed by atoms with Crippen LogP contribution in [-0.4, -0.2) is 5.67 Å². The highest BCUT2D eigenvalue weighted by atomic mass is 19.1. The van der Waals surface area contributed by atoms with Gasteiger partial charge in [-0.2, -0.15) is 5.26 Å². The molecular weight excluding hydrogens is 273 g/mol. The minimum Gasteiger partial charge on any atom is -0.244 e. The first kappa shape index (κ1) is 17.8. The molecule has 22 heavy (non-hydrogen) atoms. The Morgan fingerprint density at radius 3 is 2.18 bits per heavy atom. The Morgan fingerprint density at radius 1 is 0.955 bits per heavy atom. The molecule has 0 saturated heterocycles. The van der Waals surface area contributed by atoms with Gasteiger partial charge in [0.25, 0.3) is 0 Å². The minimum atomic E-state index is -0.904. The molecule has 0 amide bonds. The van der Waals surface area contributed by atoms with Gasteiger partial charge in [0.15, 0.2) is 0 Å². The second-order valence-corrected chi connectivity index (χ2v) is 7.86. The van der Waals surface area contributed by atoms with Crippen molar-refractivity contribution >= 4 is 0 Å². The molecule has 126 valence electrons. The third-order valence-electron chi connectivity index (χ3n) is 6.29. The van der Waals surface area contributed by atoms with Crippen LogP contribution < -0.4 is 0 Å². The zero-order valence-electron chi connectivity index (χ0n) is 14.5. The van der Waals surface area contributed by atoms with E-state index in [9.17, 15) is 0 Å². The van der Waals surface area contributed by atoms with Gasteiger partial charge in [0.05, 0.1) is 6.07 Å². The first-order chi connectivity index (χ1) is 10.7. The van der Waals surface area contributed by atoms with Crippen LogP contribution in [0.5, 0.6) is 0 Å². The molecule has 0 aromatic rings. The third kappa shape index (κ3) is 4.97. The van der Waals surface area contributed by atoms with E-state index in [2.05, 4.69) is 13.0 Å². The Balaban J connectivity index is 1.66.